The lowest BCUT2D eigenvalue weighted by Gasteiger charge is -2.34. The predicted octanol–water partition coefficient (Wildman–Crippen LogP) is 4.80. The average molecular weight is 439 g/mol. The van der Waals surface area contributed by atoms with Crippen molar-refractivity contribution in [1.82, 2.24) is 19.7 Å². The van der Waals surface area contributed by atoms with E-state index >= 15 is 0 Å². The van der Waals surface area contributed by atoms with Crippen LogP contribution in [0, 0.1) is 5.82 Å². The first-order valence-corrected chi connectivity index (χ1v) is 9.40. The van der Waals surface area contributed by atoms with Gasteiger partial charge in [-0.15, -0.1) is 10.2 Å². The number of rotatable bonds is 2. The lowest BCUT2D eigenvalue weighted by Crippen LogP contribution is -2.45. The van der Waals surface area contributed by atoms with Crippen LogP contribution < -0.4 is 0 Å². The topological polar surface area (TPSA) is 51.0 Å². The van der Waals surface area contributed by atoms with E-state index in [1.165, 1.54) is 17.0 Å². The van der Waals surface area contributed by atoms with Crippen LogP contribution in [0.2, 0.25) is 5.02 Å². The summed E-state index contributed by atoms with van der Waals surface area (Å²) in [6.07, 6.45) is -4.67. The number of hydrogen-bond donors (Lipinski definition) is 0. The molecule has 4 rings (SSSR count). The van der Waals surface area contributed by atoms with Gasteiger partial charge in [-0.05, 0) is 31.2 Å². The molecule has 2 aromatic carbocycles. The van der Waals surface area contributed by atoms with Crippen LogP contribution in [0.15, 0.2) is 42.5 Å². The molecule has 0 saturated carbocycles. The monoisotopic (exact) mass is 438 g/mol. The third-order valence-electron chi connectivity index (χ3n) is 5.03. The number of benzene rings is 2. The SMILES string of the molecule is CC1Cn2c(nnc2-c2ccccc2F)CN1C(=O)c1cccc(C(F)(F)F)c1Cl. The molecule has 156 valence electrons. The Balaban J connectivity index is 1.67. The van der Waals surface area contributed by atoms with Gasteiger partial charge in [0.1, 0.15) is 5.82 Å². The second-order valence-electron chi connectivity index (χ2n) is 6.98. The van der Waals surface area contributed by atoms with E-state index in [1.807, 2.05) is 0 Å². The molecule has 1 amide bonds. The molecule has 0 aliphatic carbocycles. The van der Waals surface area contributed by atoms with Crippen LogP contribution in [0.5, 0.6) is 0 Å². The number of carbonyl (C=O) groups is 1. The minimum Gasteiger partial charge on any atom is -0.327 e. The van der Waals surface area contributed by atoms with Crippen LogP contribution in [-0.4, -0.2) is 31.6 Å². The molecule has 2 heterocycles. The summed E-state index contributed by atoms with van der Waals surface area (Å²) in [6, 6.07) is 8.97. The van der Waals surface area contributed by atoms with E-state index in [1.54, 1.807) is 29.7 Å². The third kappa shape index (κ3) is 3.43. The Bertz CT molecular complexity index is 1130. The summed E-state index contributed by atoms with van der Waals surface area (Å²) in [4.78, 5) is 14.4. The molecule has 30 heavy (non-hydrogen) atoms. The Kier molecular flexibility index (Phi) is 5.01. The van der Waals surface area contributed by atoms with E-state index in [9.17, 15) is 22.4 Å². The maximum absolute atomic E-state index is 14.2. The molecule has 10 heteroatoms. The van der Waals surface area contributed by atoms with Gasteiger partial charge in [-0.1, -0.05) is 29.8 Å². The van der Waals surface area contributed by atoms with Crippen molar-refractivity contribution in [2.75, 3.05) is 0 Å². The van der Waals surface area contributed by atoms with Crippen molar-refractivity contribution in [3.63, 3.8) is 0 Å². The van der Waals surface area contributed by atoms with E-state index in [4.69, 9.17) is 11.6 Å². The zero-order chi connectivity index (χ0) is 21.6. The predicted molar refractivity (Wildman–Crippen MR) is 101 cm³/mol. The standard InChI is InChI=1S/C20H15ClF4N4O/c1-11-9-29-16(26-27-18(29)12-5-2-3-8-15(12)22)10-28(11)19(30)13-6-4-7-14(17(13)21)20(23,24)25/h2-8,11H,9-10H2,1H3. The second kappa shape index (κ2) is 7.39. The fraction of sp³-hybridized carbons (Fsp3) is 0.250. The maximum atomic E-state index is 14.2. The Morgan fingerprint density at radius 1 is 1.13 bits per heavy atom. The van der Waals surface area contributed by atoms with Gasteiger partial charge in [0.05, 0.1) is 28.3 Å². The molecular weight excluding hydrogens is 424 g/mol. The molecular formula is C20H15ClF4N4O. The quantitative estimate of drug-likeness (QED) is 0.540. The smallest absolute Gasteiger partial charge is 0.327 e. The van der Waals surface area contributed by atoms with Crippen molar-refractivity contribution in [3.05, 3.63) is 70.3 Å². The van der Waals surface area contributed by atoms with Crippen LogP contribution in [0.3, 0.4) is 0 Å². The molecule has 1 unspecified atom stereocenters. The van der Waals surface area contributed by atoms with Gasteiger partial charge >= 0.3 is 6.18 Å². The molecule has 1 aliphatic heterocycles. The minimum absolute atomic E-state index is 0.00796. The number of halogens is 5. The van der Waals surface area contributed by atoms with Crippen molar-refractivity contribution in [3.8, 4) is 11.4 Å². The minimum atomic E-state index is -4.67. The van der Waals surface area contributed by atoms with Gasteiger partial charge in [0.2, 0.25) is 0 Å². The summed E-state index contributed by atoms with van der Waals surface area (Å²) in [5, 5.41) is 7.47. The second-order valence-corrected chi connectivity index (χ2v) is 7.36. The molecule has 5 nitrogen and oxygen atoms in total. The number of hydrogen-bond acceptors (Lipinski definition) is 3. The number of alkyl halides is 3. The number of fused-ring (bicyclic) bond motifs is 1. The van der Waals surface area contributed by atoms with Gasteiger partial charge in [0.25, 0.3) is 5.91 Å². The van der Waals surface area contributed by atoms with Gasteiger partial charge in [-0.3, -0.25) is 4.79 Å². The maximum Gasteiger partial charge on any atom is 0.417 e. The van der Waals surface area contributed by atoms with E-state index in [0.29, 0.717) is 11.6 Å². The zero-order valence-electron chi connectivity index (χ0n) is 15.6. The lowest BCUT2D eigenvalue weighted by molar-refractivity contribution is -0.137. The first kappa shape index (κ1) is 20.3. The van der Waals surface area contributed by atoms with E-state index in [2.05, 4.69) is 10.2 Å². The van der Waals surface area contributed by atoms with Crippen LogP contribution >= 0.6 is 11.6 Å². The van der Waals surface area contributed by atoms with E-state index in [-0.39, 0.29) is 24.2 Å². The van der Waals surface area contributed by atoms with Crippen LogP contribution in [0.4, 0.5) is 17.6 Å². The molecule has 1 aliphatic rings. The highest BCUT2D eigenvalue weighted by Gasteiger charge is 2.37. The van der Waals surface area contributed by atoms with Gasteiger partial charge in [-0.25, -0.2) is 4.39 Å². The van der Waals surface area contributed by atoms with Gasteiger partial charge < -0.3 is 9.47 Å². The lowest BCUT2D eigenvalue weighted by atomic mass is 10.1. The van der Waals surface area contributed by atoms with Crippen LogP contribution in [-0.2, 0) is 19.3 Å². The summed E-state index contributed by atoms with van der Waals surface area (Å²) >= 11 is 5.91. The summed E-state index contributed by atoms with van der Waals surface area (Å²) in [6.45, 7) is 2.01. The molecule has 1 atom stereocenters. The highest BCUT2D eigenvalue weighted by atomic mass is 35.5. The van der Waals surface area contributed by atoms with Crippen LogP contribution in [0.25, 0.3) is 11.4 Å². The molecule has 0 spiro atoms. The first-order valence-electron chi connectivity index (χ1n) is 9.02. The van der Waals surface area contributed by atoms with Crippen molar-refractivity contribution in [2.45, 2.75) is 32.2 Å². The highest BCUT2D eigenvalue weighted by Crippen LogP contribution is 2.37. The summed E-state index contributed by atoms with van der Waals surface area (Å²) in [5.74, 6) is -0.350. The van der Waals surface area contributed by atoms with Crippen LogP contribution in [0.1, 0.15) is 28.7 Å². The fourth-order valence-electron chi connectivity index (χ4n) is 3.50. The van der Waals surface area contributed by atoms with E-state index < -0.39 is 34.5 Å². The molecule has 0 saturated heterocycles. The van der Waals surface area contributed by atoms with Crippen molar-refractivity contribution < 1.29 is 22.4 Å². The van der Waals surface area contributed by atoms with Gasteiger partial charge in [-0.2, -0.15) is 13.2 Å². The highest BCUT2D eigenvalue weighted by molar-refractivity contribution is 6.34. The zero-order valence-corrected chi connectivity index (χ0v) is 16.4. The largest absolute Gasteiger partial charge is 0.417 e. The molecule has 0 radical (unpaired) electrons. The molecule has 0 bridgehead atoms. The first-order chi connectivity index (χ1) is 14.2. The number of amides is 1. The Hall–Kier alpha value is -2.94. The normalized spacial score (nSPS) is 16.5. The Labute approximate surface area is 173 Å². The molecule has 0 N–H and O–H groups in total. The van der Waals surface area contributed by atoms with Gasteiger partial charge in [0.15, 0.2) is 11.6 Å². The third-order valence-corrected chi connectivity index (χ3v) is 5.44. The Morgan fingerprint density at radius 3 is 2.57 bits per heavy atom. The van der Waals surface area contributed by atoms with Crippen molar-refractivity contribution in [2.24, 2.45) is 0 Å². The molecule has 3 aromatic rings. The average Bonchev–Trinajstić information content (AvgIpc) is 3.09. The summed E-state index contributed by atoms with van der Waals surface area (Å²) < 4.78 is 55.3. The number of aromatic nitrogens is 3. The fourth-order valence-corrected chi connectivity index (χ4v) is 3.81. The van der Waals surface area contributed by atoms with Crippen molar-refractivity contribution in [1.29, 1.82) is 0 Å². The van der Waals surface area contributed by atoms with Crippen molar-refractivity contribution >= 4 is 17.5 Å². The molecule has 1 aromatic heterocycles. The van der Waals surface area contributed by atoms with Gasteiger partial charge in [0, 0.05) is 12.6 Å². The summed E-state index contributed by atoms with van der Waals surface area (Å²) in [5.41, 5.74) is -1.02. The Morgan fingerprint density at radius 2 is 1.87 bits per heavy atom. The number of carbonyl (C=O) groups excluding carboxylic acids is 1. The summed E-state index contributed by atoms with van der Waals surface area (Å²) in [7, 11) is 0. The number of nitrogens with zero attached hydrogens (tertiary/aromatic N) is 4. The molecule has 0 fully saturated rings. The van der Waals surface area contributed by atoms with E-state index in [0.717, 1.165) is 12.1 Å².